The van der Waals surface area contributed by atoms with Crippen molar-refractivity contribution in [3.05, 3.63) is 24.7 Å². The van der Waals surface area contributed by atoms with E-state index in [0.717, 1.165) is 37.4 Å². The van der Waals surface area contributed by atoms with E-state index >= 15 is 0 Å². The minimum absolute atomic E-state index is 0.0201. The maximum atomic E-state index is 11.7. The zero-order valence-electron chi connectivity index (χ0n) is 11.2. The van der Waals surface area contributed by atoms with Gasteiger partial charge in [0.1, 0.15) is 5.82 Å². The summed E-state index contributed by atoms with van der Waals surface area (Å²) in [6.45, 7) is 7.59. The first-order valence-electron chi connectivity index (χ1n) is 6.60. The summed E-state index contributed by atoms with van der Waals surface area (Å²) >= 11 is 0. The monoisotopic (exact) mass is 261 g/mol. The molecular weight excluding hydrogens is 242 g/mol. The van der Waals surface area contributed by atoms with E-state index in [1.54, 1.807) is 18.5 Å². The SMILES string of the molecule is C=Cc1cncc(N2CCC(C(=O)OCC)CC2)n1. The first kappa shape index (κ1) is 13.5. The number of ether oxygens (including phenoxy) is 1. The molecule has 1 aliphatic heterocycles. The molecular formula is C14H19N3O2. The van der Waals surface area contributed by atoms with Crippen LogP contribution in [0.1, 0.15) is 25.5 Å². The minimum atomic E-state index is -0.0759. The van der Waals surface area contributed by atoms with Crippen LogP contribution in [0.15, 0.2) is 19.0 Å². The van der Waals surface area contributed by atoms with Gasteiger partial charge in [-0.05, 0) is 25.8 Å². The molecule has 1 saturated heterocycles. The molecule has 19 heavy (non-hydrogen) atoms. The van der Waals surface area contributed by atoms with E-state index in [9.17, 15) is 4.79 Å². The molecule has 2 rings (SSSR count). The number of hydrogen-bond acceptors (Lipinski definition) is 5. The van der Waals surface area contributed by atoms with E-state index in [1.165, 1.54) is 0 Å². The Bertz CT molecular complexity index is 454. The Morgan fingerprint density at radius 3 is 2.89 bits per heavy atom. The molecule has 0 bridgehead atoms. The molecule has 0 spiro atoms. The number of carbonyl (C=O) groups is 1. The molecule has 1 aromatic heterocycles. The second-order valence-corrected chi connectivity index (χ2v) is 4.52. The zero-order valence-corrected chi connectivity index (χ0v) is 11.2. The van der Waals surface area contributed by atoms with E-state index in [2.05, 4.69) is 21.4 Å². The Morgan fingerprint density at radius 1 is 1.53 bits per heavy atom. The zero-order chi connectivity index (χ0) is 13.7. The van der Waals surface area contributed by atoms with E-state index in [4.69, 9.17) is 4.74 Å². The Kier molecular flexibility index (Phi) is 4.49. The van der Waals surface area contributed by atoms with Crippen LogP contribution in [0.3, 0.4) is 0 Å². The number of nitrogens with zero attached hydrogens (tertiary/aromatic N) is 3. The van der Waals surface area contributed by atoms with Crippen LogP contribution < -0.4 is 4.90 Å². The summed E-state index contributed by atoms with van der Waals surface area (Å²) < 4.78 is 5.06. The summed E-state index contributed by atoms with van der Waals surface area (Å²) in [7, 11) is 0. The molecule has 1 aliphatic rings. The summed E-state index contributed by atoms with van der Waals surface area (Å²) in [5.41, 5.74) is 0.769. The Morgan fingerprint density at radius 2 is 2.26 bits per heavy atom. The van der Waals surface area contributed by atoms with Crippen molar-refractivity contribution < 1.29 is 9.53 Å². The van der Waals surface area contributed by atoms with Crippen molar-refractivity contribution >= 4 is 17.9 Å². The fraction of sp³-hybridized carbons (Fsp3) is 0.500. The lowest BCUT2D eigenvalue weighted by Crippen LogP contribution is -2.37. The largest absolute Gasteiger partial charge is 0.466 e. The predicted molar refractivity (Wildman–Crippen MR) is 73.7 cm³/mol. The first-order chi connectivity index (χ1) is 9.24. The van der Waals surface area contributed by atoms with Gasteiger partial charge in [0.05, 0.1) is 30.6 Å². The summed E-state index contributed by atoms with van der Waals surface area (Å²) in [5, 5.41) is 0. The maximum Gasteiger partial charge on any atom is 0.309 e. The molecule has 0 atom stereocenters. The number of hydrogen-bond donors (Lipinski definition) is 0. The van der Waals surface area contributed by atoms with Crippen LogP contribution in [0.4, 0.5) is 5.82 Å². The lowest BCUT2D eigenvalue weighted by Gasteiger charge is -2.31. The van der Waals surface area contributed by atoms with Gasteiger partial charge in [0.25, 0.3) is 0 Å². The highest BCUT2D eigenvalue weighted by Gasteiger charge is 2.26. The topological polar surface area (TPSA) is 55.3 Å². The molecule has 0 unspecified atom stereocenters. The van der Waals surface area contributed by atoms with Crippen LogP contribution in [0, 0.1) is 5.92 Å². The van der Waals surface area contributed by atoms with Gasteiger partial charge in [0, 0.05) is 13.1 Å². The van der Waals surface area contributed by atoms with Crippen LogP contribution >= 0.6 is 0 Å². The van der Waals surface area contributed by atoms with Gasteiger partial charge in [-0.25, -0.2) is 4.98 Å². The number of piperidine rings is 1. The summed E-state index contributed by atoms with van der Waals surface area (Å²) in [6.07, 6.45) is 6.72. The minimum Gasteiger partial charge on any atom is -0.466 e. The quantitative estimate of drug-likeness (QED) is 0.775. The van der Waals surface area contributed by atoms with Crippen molar-refractivity contribution in [2.24, 2.45) is 5.92 Å². The Balaban J connectivity index is 1.95. The Labute approximate surface area is 113 Å². The van der Waals surface area contributed by atoms with Gasteiger partial charge < -0.3 is 9.64 Å². The summed E-state index contributed by atoms with van der Waals surface area (Å²) in [4.78, 5) is 22.4. The van der Waals surface area contributed by atoms with Crippen molar-refractivity contribution in [1.29, 1.82) is 0 Å². The lowest BCUT2D eigenvalue weighted by atomic mass is 9.97. The van der Waals surface area contributed by atoms with Crippen LogP contribution in [0.25, 0.3) is 6.08 Å². The molecule has 1 aromatic rings. The van der Waals surface area contributed by atoms with Crippen molar-refractivity contribution in [2.75, 3.05) is 24.6 Å². The average molecular weight is 261 g/mol. The third kappa shape index (κ3) is 3.30. The first-order valence-corrected chi connectivity index (χ1v) is 6.60. The fourth-order valence-electron chi connectivity index (χ4n) is 2.23. The Hall–Kier alpha value is -1.91. The number of esters is 1. The van der Waals surface area contributed by atoms with E-state index in [-0.39, 0.29) is 11.9 Å². The second kappa shape index (κ2) is 6.31. The highest BCUT2D eigenvalue weighted by atomic mass is 16.5. The van der Waals surface area contributed by atoms with Crippen LogP contribution in [0.2, 0.25) is 0 Å². The molecule has 0 aliphatic carbocycles. The highest BCUT2D eigenvalue weighted by Crippen LogP contribution is 2.22. The lowest BCUT2D eigenvalue weighted by molar-refractivity contribution is -0.148. The van der Waals surface area contributed by atoms with Crippen LogP contribution in [-0.4, -0.2) is 35.6 Å². The van der Waals surface area contributed by atoms with Crippen LogP contribution in [0.5, 0.6) is 0 Å². The summed E-state index contributed by atoms with van der Waals surface area (Å²) in [6, 6.07) is 0. The predicted octanol–water partition coefficient (Wildman–Crippen LogP) is 1.90. The molecule has 0 N–H and O–H groups in total. The maximum absolute atomic E-state index is 11.7. The molecule has 5 nitrogen and oxygen atoms in total. The molecule has 0 saturated carbocycles. The van der Waals surface area contributed by atoms with Crippen molar-refractivity contribution in [3.8, 4) is 0 Å². The van der Waals surface area contributed by atoms with E-state index in [1.807, 2.05) is 6.92 Å². The van der Waals surface area contributed by atoms with Gasteiger partial charge >= 0.3 is 5.97 Å². The second-order valence-electron chi connectivity index (χ2n) is 4.52. The van der Waals surface area contributed by atoms with Gasteiger partial charge in [-0.1, -0.05) is 6.58 Å². The molecule has 5 heteroatoms. The number of anilines is 1. The molecule has 2 heterocycles. The van der Waals surface area contributed by atoms with Crippen molar-refractivity contribution in [1.82, 2.24) is 9.97 Å². The van der Waals surface area contributed by atoms with Gasteiger partial charge in [-0.2, -0.15) is 0 Å². The van der Waals surface area contributed by atoms with Crippen molar-refractivity contribution in [3.63, 3.8) is 0 Å². The summed E-state index contributed by atoms with van der Waals surface area (Å²) in [5.74, 6) is 0.791. The molecule has 102 valence electrons. The fourth-order valence-corrected chi connectivity index (χ4v) is 2.23. The molecule has 0 aromatic carbocycles. The molecule has 0 radical (unpaired) electrons. The number of carbonyl (C=O) groups excluding carboxylic acids is 1. The van der Waals surface area contributed by atoms with Gasteiger partial charge in [-0.3, -0.25) is 9.78 Å². The van der Waals surface area contributed by atoms with E-state index < -0.39 is 0 Å². The standard InChI is InChI=1S/C14H19N3O2/c1-3-12-9-15-10-13(16-12)17-7-5-11(6-8-17)14(18)19-4-2/h3,9-11H,1,4-8H2,2H3. The van der Waals surface area contributed by atoms with Crippen molar-refractivity contribution in [2.45, 2.75) is 19.8 Å². The van der Waals surface area contributed by atoms with E-state index in [0.29, 0.717) is 6.61 Å². The third-order valence-electron chi connectivity index (χ3n) is 3.29. The smallest absolute Gasteiger partial charge is 0.309 e. The third-order valence-corrected chi connectivity index (χ3v) is 3.29. The highest BCUT2D eigenvalue weighted by molar-refractivity contribution is 5.72. The number of rotatable bonds is 4. The van der Waals surface area contributed by atoms with Gasteiger partial charge in [0.15, 0.2) is 0 Å². The van der Waals surface area contributed by atoms with Gasteiger partial charge in [0.2, 0.25) is 0 Å². The van der Waals surface area contributed by atoms with Crippen LogP contribution in [-0.2, 0) is 9.53 Å². The number of aromatic nitrogens is 2. The van der Waals surface area contributed by atoms with Gasteiger partial charge in [-0.15, -0.1) is 0 Å². The average Bonchev–Trinajstić information content (AvgIpc) is 2.48. The molecule has 0 amide bonds. The normalized spacial score (nSPS) is 16.2. The molecule has 1 fully saturated rings.